The third kappa shape index (κ3) is 4.16. The average Bonchev–Trinajstić information content (AvgIpc) is 2.86. The van der Waals surface area contributed by atoms with Gasteiger partial charge < -0.3 is 0 Å². The molecule has 1 saturated heterocycles. The molecule has 0 amide bonds. The maximum absolute atomic E-state index is 15.0. The summed E-state index contributed by atoms with van der Waals surface area (Å²) < 4.78 is 41.4. The molecule has 3 rings (SSSR count). The summed E-state index contributed by atoms with van der Waals surface area (Å²) in [7, 11) is 0. The predicted octanol–water partition coefficient (Wildman–Crippen LogP) is 1.04. The molecule has 1 fully saturated rings. The topological polar surface area (TPSA) is 96.4 Å². The van der Waals surface area contributed by atoms with Gasteiger partial charge in [0.15, 0.2) is 0 Å². The van der Waals surface area contributed by atoms with E-state index in [0.29, 0.717) is 4.57 Å². The number of nitrogens with zero attached hydrogens (tertiary/aromatic N) is 2. The first-order valence-electron chi connectivity index (χ1n) is 8.23. The average molecular weight is 575 g/mol. The molecule has 2 aromatic rings. The number of rotatable bonds is 5. The van der Waals surface area contributed by atoms with Gasteiger partial charge in [-0.25, -0.2) is 0 Å². The number of aromatic nitrogens is 2. The van der Waals surface area contributed by atoms with Crippen LogP contribution in [-0.2, 0) is 9.47 Å². The van der Waals surface area contributed by atoms with Crippen LogP contribution >= 0.6 is 0 Å². The van der Waals surface area contributed by atoms with Crippen molar-refractivity contribution in [1.29, 1.82) is 0 Å². The van der Waals surface area contributed by atoms with E-state index in [1.54, 1.807) is 31.2 Å². The standard InChI is InChI=1S/C11H12F2N3O4.C6H5.Bi.H/c1-2-6-8(19-5-17)11(12,13)9(20-6)16-4-3-7(14)15-10(16)18;1-2-4-6-5-3-1;;/h3-4,6,8-9H,2H2,1H3,(H2,14,15,18);1-5H;;/t6-,8+,9-;;;/m1.../s1. The van der Waals surface area contributed by atoms with Crippen LogP contribution in [0.2, 0.25) is 0 Å². The molecule has 7 nitrogen and oxygen atoms in total. The Balaban J connectivity index is 1.82. The van der Waals surface area contributed by atoms with Gasteiger partial charge in [-0.05, 0) is 0 Å². The second-order valence-electron chi connectivity index (χ2n) is 5.97. The number of ether oxygens (including phenoxy) is 2. The second kappa shape index (κ2) is 7.98. The molecule has 1 aromatic heterocycles. The summed E-state index contributed by atoms with van der Waals surface area (Å²) in [6.07, 6.45) is -3.41. The second-order valence-corrected chi connectivity index (χ2v) is 10.8. The van der Waals surface area contributed by atoms with Gasteiger partial charge in [-0.1, -0.05) is 0 Å². The van der Waals surface area contributed by atoms with E-state index in [1.165, 1.54) is 6.07 Å². The number of benzene rings is 1. The maximum atomic E-state index is 15.0. The number of hydrogen-bond donors (Lipinski definition) is 1. The van der Waals surface area contributed by atoms with Crippen molar-refractivity contribution < 1.29 is 23.0 Å². The van der Waals surface area contributed by atoms with Crippen molar-refractivity contribution in [1.82, 2.24) is 9.55 Å². The Labute approximate surface area is 165 Å². The molecule has 0 saturated carbocycles. The van der Waals surface area contributed by atoms with Crippen LogP contribution in [0.4, 0.5) is 19.4 Å². The van der Waals surface area contributed by atoms with Crippen LogP contribution in [0.15, 0.2) is 47.4 Å². The van der Waals surface area contributed by atoms with Crippen molar-refractivity contribution in [3.05, 3.63) is 53.1 Å². The van der Waals surface area contributed by atoms with E-state index >= 15 is 0 Å². The summed E-state index contributed by atoms with van der Waals surface area (Å²) in [6, 6.07) is 10.2. The molecule has 2 heterocycles. The van der Waals surface area contributed by atoms with Gasteiger partial charge >= 0.3 is 165 Å². The number of carbonyl (C=O) groups excluding carboxylic acids is 1. The van der Waals surface area contributed by atoms with Crippen LogP contribution < -0.4 is 14.7 Å². The summed E-state index contributed by atoms with van der Waals surface area (Å²) in [4.78, 5) is 27.6. The van der Waals surface area contributed by atoms with Crippen molar-refractivity contribution >= 4 is 36.0 Å². The molecule has 10 heteroatoms. The fourth-order valence-corrected chi connectivity index (χ4v) is 5.86. The van der Waals surface area contributed by atoms with Gasteiger partial charge in [0, 0.05) is 0 Å². The monoisotopic (exact) mass is 575 g/mol. The van der Waals surface area contributed by atoms with Gasteiger partial charge in [0.2, 0.25) is 0 Å². The molecule has 2 N–H and O–H groups in total. The fraction of sp³-hybridized carbons (Fsp3) is 0.353. The Morgan fingerprint density at radius 3 is 2.70 bits per heavy atom. The predicted molar refractivity (Wildman–Crippen MR) is 95.6 cm³/mol. The molecule has 27 heavy (non-hydrogen) atoms. The number of alkyl halides is 2. The Morgan fingerprint density at radius 1 is 1.37 bits per heavy atom. The van der Waals surface area contributed by atoms with E-state index in [4.69, 9.17) is 15.2 Å². The van der Waals surface area contributed by atoms with Crippen molar-refractivity contribution in [3.8, 4) is 0 Å². The molecule has 144 valence electrons. The molecule has 0 unspecified atom stereocenters. The first-order valence-corrected chi connectivity index (χ1v) is 12.1. The number of nitrogens with two attached hydrogens (primary N) is 1. The zero-order valence-corrected chi connectivity index (χ0v) is 18.2. The number of nitrogen functional groups attached to an aromatic ring is 1. The Morgan fingerprint density at radius 2 is 2.07 bits per heavy atom. The van der Waals surface area contributed by atoms with Crippen LogP contribution in [0.5, 0.6) is 0 Å². The Kier molecular flexibility index (Phi) is 5.86. The zero-order chi connectivity index (χ0) is 19.6. The molecule has 0 bridgehead atoms. The third-order valence-electron chi connectivity index (χ3n) is 4.11. The van der Waals surface area contributed by atoms with Crippen LogP contribution in [0.1, 0.15) is 19.6 Å². The SMILES string of the molecule is CC[C@H]1O[C@@H](n2ccc(N)nc2=O)C(F)(F)[C@H]1O[C](=O)[BiH][c]1ccccc1. The van der Waals surface area contributed by atoms with Crippen LogP contribution in [0.25, 0.3) is 0 Å². The summed E-state index contributed by atoms with van der Waals surface area (Å²) in [5.74, 6) is -3.67. The number of carbonyl (C=O) groups is 1. The first-order chi connectivity index (χ1) is 12.8. The number of halogens is 2. The van der Waals surface area contributed by atoms with Crippen LogP contribution in [0, 0.1) is 0 Å². The fourth-order valence-electron chi connectivity index (χ4n) is 2.82. The molecule has 0 aliphatic carbocycles. The van der Waals surface area contributed by atoms with Gasteiger partial charge in [-0.15, -0.1) is 0 Å². The third-order valence-corrected chi connectivity index (χ3v) is 7.78. The van der Waals surface area contributed by atoms with Gasteiger partial charge in [0.1, 0.15) is 0 Å². The molecule has 1 aliphatic heterocycles. The molecular weight excluding hydrogens is 557 g/mol. The normalized spacial score (nSPS) is 23.9. The van der Waals surface area contributed by atoms with Crippen molar-refractivity contribution in [2.24, 2.45) is 0 Å². The van der Waals surface area contributed by atoms with Gasteiger partial charge in [-0.3, -0.25) is 0 Å². The number of anilines is 1. The van der Waals surface area contributed by atoms with E-state index in [-0.39, 0.29) is 12.2 Å². The number of hydrogen-bond acceptors (Lipinski definition) is 6. The van der Waals surface area contributed by atoms with E-state index in [0.717, 1.165) is 9.47 Å². The van der Waals surface area contributed by atoms with E-state index < -0.39 is 57.0 Å². The summed E-state index contributed by atoms with van der Waals surface area (Å²) in [5, 5.41) is 0. The molecule has 0 radical (unpaired) electrons. The molecule has 1 aromatic carbocycles. The minimum atomic E-state index is -3.59. The van der Waals surface area contributed by atoms with Crippen molar-refractivity contribution in [2.75, 3.05) is 5.73 Å². The quantitative estimate of drug-likeness (QED) is 0.536. The molecule has 1 aliphatic rings. The van der Waals surface area contributed by atoms with Gasteiger partial charge in [0.05, 0.1) is 0 Å². The summed E-state index contributed by atoms with van der Waals surface area (Å²) >= 11 is -2.10. The van der Waals surface area contributed by atoms with E-state index in [9.17, 15) is 18.4 Å². The van der Waals surface area contributed by atoms with Gasteiger partial charge in [-0.2, -0.15) is 0 Å². The molecular formula is C17H18BiF2N3O4. The minimum absolute atomic E-state index is 0.0798. The van der Waals surface area contributed by atoms with E-state index in [1.807, 2.05) is 6.07 Å². The van der Waals surface area contributed by atoms with Crippen LogP contribution in [-0.4, -0.2) is 54.6 Å². The van der Waals surface area contributed by atoms with E-state index in [2.05, 4.69) is 4.98 Å². The molecule has 3 atom stereocenters. The van der Waals surface area contributed by atoms with Crippen molar-refractivity contribution in [2.45, 2.75) is 37.7 Å². The van der Waals surface area contributed by atoms with Crippen LogP contribution in [0.3, 0.4) is 0 Å². The van der Waals surface area contributed by atoms with Gasteiger partial charge in [0.25, 0.3) is 0 Å². The summed E-state index contributed by atoms with van der Waals surface area (Å²) in [5.41, 5.74) is 4.44. The van der Waals surface area contributed by atoms with Crippen molar-refractivity contribution in [3.63, 3.8) is 0 Å². The Hall–Kier alpha value is -1.93. The summed E-state index contributed by atoms with van der Waals surface area (Å²) in [6.45, 7) is 1.65. The molecule has 0 spiro atoms. The zero-order valence-electron chi connectivity index (χ0n) is 14.3. The Bertz CT molecular complexity index is 878. The first kappa shape index (κ1) is 19.8.